The Labute approximate surface area is 141 Å². The molecule has 1 saturated heterocycles. The first kappa shape index (κ1) is 16.0. The largest absolute Gasteiger partial charge is 0.348 e. The van der Waals surface area contributed by atoms with Gasteiger partial charge in [0.2, 0.25) is 5.91 Å². The fourth-order valence-electron chi connectivity index (χ4n) is 3.00. The minimum absolute atomic E-state index is 0.0347. The Bertz CT molecular complexity index is 627. The number of nitrogens with zero attached hydrogens (tertiary/aromatic N) is 2. The fraction of sp³-hybridized carbons (Fsp3) is 0.412. The van der Waals surface area contributed by atoms with E-state index in [0.717, 1.165) is 44.0 Å². The average Bonchev–Trinajstić information content (AvgIpc) is 3.10. The number of imidazole rings is 1. The average molecular weight is 333 g/mol. The van der Waals surface area contributed by atoms with Crippen molar-refractivity contribution in [3.63, 3.8) is 0 Å². The summed E-state index contributed by atoms with van der Waals surface area (Å²) in [4.78, 5) is 22.0. The Morgan fingerprint density at radius 1 is 1.39 bits per heavy atom. The highest BCUT2D eigenvalue weighted by Gasteiger charge is 2.23. The summed E-state index contributed by atoms with van der Waals surface area (Å²) in [5.41, 5.74) is 0.784. The number of anilines is 1. The molecular formula is C17H21ClN4O. The van der Waals surface area contributed by atoms with Crippen LogP contribution in [0.25, 0.3) is 0 Å². The van der Waals surface area contributed by atoms with Crippen molar-refractivity contribution in [2.75, 3.05) is 25.0 Å². The predicted octanol–water partition coefficient (Wildman–Crippen LogP) is 3.27. The molecular weight excluding hydrogens is 312 g/mol. The highest BCUT2D eigenvalue weighted by Crippen LogP contribution is 2.24. The van der Waals surface area contributed by atoms with Crippen LogP contribution in [-0.2, 0) is 4.79 Å². The van der Waals surface area contributed by atoms with E-state index >= 15 is 0 Å². The van der Waals surface area contributed by atoms with E-state index in [2.05, 4.69) is 20.2 Å². The molecule has 6 heteroatoms. The van der Waals surface area contributed by atoms with Crippen LogP contribution in [0.5, 0.6) is 0 Å². The Balaban J connectivity index is 1.46. The maximum absolute atomic E-state index is 12.1. The van der Waals surface area contributed by atoms with Crippen molar-refractivity contribution < 1.29 is 4.79 Å². The highest BCUT2D eigenvalue weighted by molar-refractivity contribution is 6.30. The van der Waals surface area contributed by atoms with Crippen LogP contribution in [0.4, 0.5) is 5.69 Å². The summed E-state index contributed by atoms with van der Waals surface area (Å²) in [7, 11) is 0. The Kier molecular flexibility index (Phi) is 5.31. The molecule has 1 aliphatic heterocycles. The molecule has 0 spiro atoms. The molecule has 5 nitrogen and oxygen atoms in total. The topological polar surface area (TPSA) is 61.0 Å². The lowest BCUT2D eigenvalue weighted by molar-refractivity contribution is -0.116. The molecule has 3 rings (SSSR count). The monoisotopic (exact) mass is 332 g/mol. The van der Waals surface area contributed by atoms with Crippen molar-refractivity contribution in [1.29, 1.82) is 0 Å². The first-order chi connectivity index (χ1) is 11.2. The number of hydrogen-bond acceptors (Lipinski definition) is 3. The van der Waals surface area contributed by atoms with Crippen LogP contribution < -0.4 is 5.32 Å². The Morgan fingerprint density at radius 3 is 2.96 bits per heavy atom. The quantitative estimate of drug-likeness (QED) is 0.883. The molecule has 23 heavy (non-hydrogen) atoms. The third kappa shape index (κ3) is 4.56. The molecule has 1 aromatic carbocycles. The second-order valence-corrected chi connectivity index (χ2v) is 6.36. The summed E-state index contributed by atoms with van der Waals surface area (Å²) < 4.78 is 0. The smallest absolute Gasteiger partial charge is 0.225 e. The van der Waals surface area contributed by atoms with Crippen molar-refractivity contribution in [1.82, 2.24) is 14.9 Å². The van der Waals surface area contributed by atoms with Crippen molar-refractivity contribution >= 4 is 23.2 Å². The molecule has 1 atom stereocenters. The molecule has 2 aromatic rings. The lowest BCUT2D eigenvalue weighted by atomic mass is 9.97. The standard InChI is InChI=1S/C17H21ClN4O/c18-14-3-5-15(6-4-14)21-16(23)7-11-22-10-1-2-13(12-22)17-19-8-9-20-17/h3-6,8-9,13H,1-2,7,10-12H2,(H,19,20)(H,21,23)/t13-/m1/s1. The number of carbonyl (C=O) groups excluding carboxylic acids is 1. The third-order valence-corrected chi connectivity index (χ3v) is 4.45. The molecule has 0 saturated carbocycles. The molecule has 1 amide bonds. The number of H-pyrrole nitrogens is 1. The molecule has 1 aliphatic rings. The maximum Gasteiger partial charge on any atom is 0.225 e. The van der Waals surface area contributed by atoms with Gasteiger partial charge in [0.05, 0.1) is 0 Å². The van der Waals surface area contributed by atoms with E-state index in [9.17, 15) is 4.79 Å². The van der Waals surface area contributed by atoms with Gasteiger partial charge in [-0.3, -0.25) is 4.79 Å². The van der Waals surface area contributed by atoms with Gasteiger partial charge in [0.25, 0.3) is 0 Å². The number of hydrogen-bond donors (Lipinski definition) is 2. The van der Waals surface area contributed by atoms with Crippen LogP contribution in [0.1, 0.15) is 31.0 Å². The summed E-state index contributed by atoms with van der Waals surface area (Å²) in [6, 6.07) is 7.17. The number of nitrogens with one attached hydrogen (secondary N) is 2. The molecule has 1 fully saturated rings. The lowest BCUT2D eigenvalue weighted by Crippen LogP contribution is -2.36. The van der Waals surface area contributed by atoms with E-state index in [0.29, 0.717) is 17.4 Å². The molecule has 0 unspecified atom stereocenters. The summed E-state index contributed by atoms with van der Waals surface area (Å²) in [6.07, 6.45) is 6.46. The second kappa shape index (κ2) is 7.62. The summed E-state index contributed by atoms with van der Waals surface area (Å²) in [6.45, 7) is 2.78. The predicted molar refractivity (Wildman–Crippen MR) is 91.7 cm³/mol. The van der Waals surface area contributed by atoms with Crippen molar-refractivity contribution in [2.45, 2.75) is 25.2 Å². The van der Waals surface area contributed by atoms with Crippen LogP contribution in [-0.4, -0.2) is 40.4 Å². The van der Waals surface area contributed by atoms with E-state index in [1.807, 2.05) is 18.3 Å². The van der Waals surface area contributed by atoms with Gasteiger partial charge >= 0.3 is 0 Å². The molecule has 2 N–H and O–H groups in total. The van der Waals surface area contributed by atoms with E-state index in [-0.39, 0.29) is 5.91 Å². The fourth-order valence-corrected chi connectivity index (χ4v) is 3.12. The number of halogens is 1. The van der Waals surface area contributed by atoms with Gasteiger partial charge in [0.1, 0.15) is 5.82 Å². The number of aromatic amines is 1. The van der Waals surface area contributed by atoms with Crippen LogP contribution >= 0.6 is 11.6 Å². The van der Waals surface area contributed by atoms with Gasteiger partial charge in [-0.2, -0.15) is 0 Å². The third-order valence-electron chi connectivity index (χ3n) is 4.19. The minimum Gasteiger partial charge on any atom is -0.348 e. The number of benzene rings is 1. The Hall–Kier alpha value is -1.85. The molecule has 0 bridgehead atoms. The Morgan fingerprint density at radius 2 is 2.22 bits per heavy atom. The molecule has 2 heterocycles. The van der Waals surface area contributed by atoms with E-state index in [1.54, 1.807) is 18.3 Å². The van der Waals surface area contributed by atoms with Gasteiger partial charge in [-0.25, -0.2) is 4.98 Å². The summed E-state index contributed by atoms with van der Waals surface area (Å²) in [5.74, 6) is 1.53. The lowest BCUT2D eigenvalue weighted by Gasteiger charge is -2.31. The molecule has 1 aromatic heterocycles. The highest BCUT2D eigenvalue weighted by atomic mass is 35.5. The van der Waals surface area contributed by atoms with Crippen LogP contribution in [0.3, 0.4) is 0 Å². The maximum atomic E-state index is 12.1. The number of piperidine rings is 1. The van der Waals surface area contributed by atoms with E-state index in [1.165, 1.54) is 0 Å². The molecule has 0 radical (unpaired) electrons. The molecule has 122 valence electrons. The first-order valence-electron chi connectivity index (χ1n) is 7.98. The van der Waals surface area contributed by atoms with E-state index < -0.39 is 0 Å². The van der Waals surface area contributed by atoms with Gasteiger partial charge in [-0.05, 0) is 43.7 Å². The first-order valence-corrected chi connectivity index (χ1v) is 8.35. The van der Waals surface area contributed by atoms with Gasteiger partial charge < -0.3 is 15.2 Å². The number of rotatable bonds is 5. The van der Waals surface area contributed by atoms with Crippen LogP contribution in [0.2, 0.25) is 5.02 Å². The zero-order chi connectivity index (χ0) is 16.1. The van der Waals surface area contributed by atoms with Gasteiger partial charge in [-0.1, -0.05) is 11.6 Å². The second-order valence-electron chi connectivity index (χ2n) is 5.92. The number of amides is 1. The number of likely N-dealkylation sites (tertiary alicyclic amines) is 1. The van der Waals surface area contributed by atoms with E-state index in [4.69, 9.17) is 11.6 Å². The summed E-state index contributed by atoms with van der Waals surface area (Å²) >= 11 is 5.84. The zero-order valence-electron chi connectivity index (χ0n) is 13.0. The van der Waals surface area contributed by atoms with Gasteiger partial charge in [0.15, 0.2) is 0 Å². The van der Waals surface area contributed by atoms with Crippen molar-refractivity contribution in [2.24, 2.45) is 0 Å². The SMILES string of the molecule is O=C(CCN1CCC[C@@H](c2ncc[nH]2)C1)Nc1ccc(Cl)cc1. The minimum atomic E-state index is 0.0347. The van der Waals surface area contributed by atoms with Crippen LogP contribution in [0.15, 0.2) is 36.7 Å². The van der Waals surface area contributed by atoms with Crippen molar-refractivity contribution in [3.8, 4) is 0 Å². The molecule has 0 aliphatic carbocycles. The van der Waals surface area contributed by atoms with Gasteiger partial charge in [0, 0.05) is 48.5 Å². The van der Waals surface area contributed by atoms with Crippen LogP contribution in [0, 0.1) is 0 Å². The number of carbonyl (C=O) groups is 1. The van der Waals surface area contributed by atoms with Gasteiger partial charge in [-0.15, -0.1) is 0 Å². The number of aromatic nitrogens is 2. The summed E-state index contributed by atoms with van der Waals surface area (Å²) in [5, 5.41) is 3.57. The normalized spacial score (nSPS) is 18.7. The van der Waals surface area contributed by atoms with Crippen molar-refractivity contribution in [3.05, 3.63) is 47.5 Å². The zero-order valence-corrected chi connectivity index (χ0v) is 13.7.